The van der Waals surface area contributed by atoms with Gasteiger partial charge in [-0.15, -0.1) is 0 Å². The third-order valence-electron chi connectivity index (χ3n) is 5.10. The number of aliphatic hydroxyl groups excluding tert-OH is 1. The second-order valence-corrected chi connectivity index (χ2v) is 7.34. The zero-order valence-electron chi connectivity index (χ0n) is 16.2. The lowest BCUT2D eigenvalue weighted by Crippen LogP contribution is -2.60. The Bertz CT molecular complexity index is 1020. The van der Waals surface area contributed by atoms with Crippen LogP contribution in [0.1, 0.15) is 27.2 Å². The molecular formula is C21H24N3O4+. The van der Waals surface area contributed by atoms with Gasteiger partial charge in [0.2, 0.25) is 0 Å². The predicted molar refractivity (Wildman–Crippen MR) is 105 cm³/mol. The fourth-order valence-electron chi connectivity index (χ4n) is 3.42. The number of fused-ring (bicyclic) bond motifs is 1. The average molecular weight is 382 g/mol. The number of likely N-dealkylation sites (N-methyl/N-ethyl adjacent to an activating group) is 1. The van der Waals surface area contributed by atoms with Crippen molar-refractivity contribution in [2.75, 3.05) is 20.7 Å². The molecule has 3 N–H and O–H groups in total. The number of amides is 2. The van der Waals surface area contributed by atoms with E-state index >= 15 is 0 Å². The highest BCUT2D eigenvalue weighted by atomic mass is 16.3. The van der Waals surface area contributed by atoms with E-state index in [-0.39, 0.29) is 5.91 Å². The van der Waals surface area contributed by atoms with Crippen molar-refractivity contribution in [1.82, 2.24) is 4.98 Å². The van der Waals surface area contributed by atoms with Gasteiger partial charge in [-0.3, -0.25) is 9.78 Å². The van der Waals surface area contributed by atoms with Crippen molar-refractivity contribution < 1.29 is 23.6 Å². The van der Waals surface area contributed by atoms with Gasteiger partial charge in [-0.2, -0.15) is 0 Å². The van der Waals surface area contributed by atoms with Crippen molar-refractivity contribution in [3.63, 3.8) is 0 Å². The molecule has 0 bridgehead atoms. The summed E-state index contributed by atoms with van der Waals surface area (Å²) in [6.45, 7) is 1.20. The van der Waals surface area contributed by atoms with E-state index in [0.29, 0.717) is 28.7 Å². The summed E-state index contributed by atoms with van der Waals surface area (Å²) in [5, 5.41) is 10.3. The van der Waals surface area contributed by atoms with Crippen LogP contribution >= 0.6 is 0 Å². The largest absolute Gasteiger partial charge is 0.460 e. The molecule has 3 aromatic rings. The Labute approximate surface area is 163 Å². The van der Waals surface area contributed by atoms with Crippen LogP contribution in [0, 0.1) is 6.92 Å². The van der Waals surface area contributed by atoms with Crippen molar-refractivity contribution in [2.45, 2.75) is 19.4 Å². The van der Waals surface area contributed by atoms with Crippen LogP contribution < -0.4 is 5.73 Å². The number of primary amides is 1. The summed E-state index contributed by atoms with van der Waals surface area (Å²) in [7, 11) is 3.13. The summed E-state index contributed by atoms with van der Waals surface area (Å²) in [6.07, 6.45) is 4.17. The van der Waals surface area contributed by atoms with Crippen LogP contribution in [-0.4, -0.2) is 53.1 Å². The maximum atomic E-state index is 13.3. The summed E-state index contributed by atoms with van der Waals surface area (Å²) < 4.78 is 5.38. The highest BCUT2D eigenvalue weighted by Gasteiger charge is 2.42. The van der Waals surface area contributed by atoms with Crippen molar-refractivity contribution in [1.29, 1.82) is 0 Å². The zero-order valence-corrected chi connectivity index (χ0v) is 16.2. The normalized spacial score (nSPS) is 12.9. The Morgan fingerprint density at radius 1 is 1.18 bits per heavy atom. The Kier molecular flexibility index (Phi) is 5.31. The first kappa shape index (κ1) is 19.7. The number of quaternary nitrogens is 1. The van der Waals surface area contributed by atoms with Crippen LogP contribution in [0.15, 0.2) is 47.1 Å². The molecule has 0 aliphatic rings. The number of furan rings is 1. The molecule has 2 aromatic heterocycles. The van der Waals surface area contributed by atoms with Gasteiger partial charge < -0.3 is 15.3 Å². The van der Waals surface area contributed by atoms with Gasteiger partial charge in [0.1, 0.15) is 23.5 Å². The lowest BCUT2D eigenvalue weighted by molar-refractivity contribution is -0.825. The van der Waals surface area contributed by atoms with E-state index < -0.39 is 23.0 Å². The number of hydrogen-bond donors (Lipinski definition) is 2. The first-order chi connectivity index (χ1) is 13.3. The van der Waals surface area contributed by atoms with E-state index in [1.165, 1.54) is 0 Å². The molecular weight excluding hydrogens is 358 g/mol. The number of nitrogens with zero attached hydrogens (tertiary/aromatic N) is 2. The number of aromatic nitrogens is 1. The number of nitrogens with two attached hydrogens (primary N) is 1. The van der Waals surface area contributed by atoms with Crippen LogP contribution in [0.25, 0.3) is 11.0 Å². The second-order valence-electron chi connectivity index (χ2n) is 7.34. The van der Waals surface area contributed by atoms with Crippen LogP contribution in [-0.2, 0) is 11.2 Å². The molecule has 0 fully saturated rings. The van der Waals surface area contributed by atoms with Gasteiger partial charge in [-0.05, 0) is 48.7 Å². The fourth-order valence-corrected chi connectivity index (χ4v) is 3.42. The monoisotopic (exact) mass is 382 g/mol. The standard InChI is InChI=1S/C21H23N3O4/c1-13-19(21(27)24(2,3)17(12-25)20(22)26)16-11-15(4-5-18(16)28-13)10-14-6-8-23-9-7-14/h4-9,11,17,25H,10,12H2,1-3H3,(H-,22,26)/p+1. The lowest BCUT2D eigenvalue weighted by Gasteiger charge is -2.32. The summed E-state index contributed by atoms with van der Waals surface area (Å²) in [5.41, 5.74) is 8.51. The average Bonchev–Trinajstić information content (AvgIpc) is 2.97. The van der Waals surface area contributed by atoms with Crippen molar-refractivity contribution in [3.8, 4) is 0 Å². The summed E-state index contributed by atoms with van der Waals surface area (Å²) in [6, 6.07) is 8.56. The molecule has 146 valence electrons. The van der Waals surface area contributed by atoms with E-state index in [9.17, 15) is 14.7 Å². The van der Waals surface area contributed by atoms with Gasteiger partial charge in [0.25, 0.3) is 5.91 Å². The Morgan fingerprint density at radius 2 is 1.86 bits per heavy atom. The maximum absolute atomic E-state index is 13.3. The number of carbonyl (C=O) groups is 2. The molecule has 1 aromatic carbocycles. The van der Waals surface area contributed by atoms with Crippen molar-refractivity contribution in [3.05, 3.63) is 65.2 Å². The number of rotatable bonds is 6. The molecule has 0 spiro atoms. The summed E-state index contributed by atoms with van der Waals surface area (Å²) in [4.78, 5) is 29.1. The molecule has 7 nitrogen and oxygen atoms in total. The quantitative estimate of drug-likeness (QED) is 0.632. The first-order valence-electron chi connectivity index (χ1n) is 8.95. The molecule has 7 heteroatoms. The molecule has 0 saturated heterocycles. The van der Waals surface area contributed by atoms with Gasteiger partial charge in [0.15, 0.2) is 6.04 Å². The second kappa shape index (κ2) is 7.53. The van der Waals surface area contributed by atoms with E-state index in [0.717, 1.165) is 11.1 Å². The molecule has 0 radical (unpaired) electrons. The molecule has 1 atom stereocenters. The van der Waals surface area contributed by atoms with Crippen LogP contribution in [0.5, 0.6) is 0 Å². The van der Waals surface area contributed by atoms with E-state index in [1.807, 2.05) is 30.3 Å². The summed E-state index contributed by atoms with van der Waals surface area (Å²) in [5.74, 6) is -0.603. The Hall–Kier alpha value is -3.03. The minimum atomic E-state index is -1.04. The lowest BCUT2D eigenvalue weighted by atomic mass is 10.0. The molecule has 1 unspecified atom stereocenters. The highest BCUT2D eigenvalue weighted by molar-refractivity contribution is 6.05. The van der Waals surface area contributed by atoms with Crippen LogP contribution in [0.2, 0.25) is 0 Å². The fraction of sp³-hybridized carbons (Fsp3) is 0.286. The van der Waals surface area contributed by atoms with Crippen molar-refractivity contribution in [2.24, 2.45) is 5.73 Å². The van der Waals surface area contributed by atoms with E-state index in [1.54, 1.807) is 33.4 Å². The Morgan fingerprint density at radius 3 is 2.46 bits per heavy atom. The number of aryl methyl sites for hydroxylation is 1. The predicted octanol–water partition coefficient (Wildman–Crippen LogP) is 1.79. The number of carbonyl (C=O) groups excluding carboxylic acids is 2. The smallest absolute Gasteiger partial charge is 0.350 e. The van der Waals surface area contributed by atoms with Crippen LogP contribution in [0.4, 0.5) is 0 Å². The molecule has 2 heterocycles. The molecule has 0 saturated carbocycles. The van der Waals surface area contributed by atoms with Crippen LogP contribution in [0.3, 0.4) is 0 Å². The highest BCUT2D eigenvalue weighted by Crippen LogP contribution is 2.30. The number of benzene rings is 1. The van der Waals surface area contributed by atoms with Crippen molar-refractivity contribution >= 4 is 22.8 Å². The molecule has 3 rings (SSSR count). The molecule has 0 aliphatic carbocycles. The molecule has 28 heavy (non-hydrogen) atoms. The van der Waals surface area contributed by atoms with Gasteiger partial charge in [-0.1, -0.05) is 6.07 Å². The van der Waals surface area contributed by atoms with Gasteiger partial charge in [0.05, 0.1) is 14.1 Å². The molecule has 0 aliphatic heterocycles. The van der Waals surface area contributed by atoms with E-state index in [4.69, 9.17) is 10.2 Å². The minimum absolute atomic E-state index is 0.338. The Balaban J connectivity index is 2.05. The summed E-state index contributed by atoms with van der Waals surface area (Å²) >= 11 is 0. The topological polar surface area (TPSA) is 106 Å². The molecule has 2 amide bonds. The van der Waals surface area contributed by atoms with Gasteiger partial charge >= 0.3 is 5.91 Å². The SMILES string of the molecule is Cc1oc2ccc(Cc3ccncc3)cc2c1C(=O)[N+](C)(C)C(CO)C(N)=O. The number of hydrogen-bond acceptors (Lipinski definition) is 5. The zero-order chi connectivity index (χ0) is 20.5. The minimum Gasteiger partial charge on any atom is -0.460 e. The first-order valence-corrected chi connectivity index (χ1v) is 8.95. The third kappa shape index (κ3) is 3.54. The van der Waals surface area contributed by atoms with Gasteiger partial charge in [-0.25, -0.2) is 9.28 Å². The number of pyridine rings is 1. The van der Waals surface area contributed by atoms with Gasteiger partial charge in [0, 0.05) is 17.8 Å². The number of aliphatic hydroxyl groups is 1. The van der Waals surface area contributed by atoms with E-state index in [2.05, 4.69) is 4.98 Å². The maximum Gasteiger partial charge on any atom is 0.350 e. The third-order valence-corrected chi connectivity index (χ3v) is 5.10.